The highest BCUT2D eigenvalue weighted by atomic mass is 16.6. The molecule has 0 unspecified atom stereocenters. The Labute approximate surface area is 160 Å². The summed E-state index contributed by atoms with van der Waals surface area (Å²) < 4.78 is 10.0. The van der Waals surface area contributed by atoms with Crippen molar-refractivity contribution in [3.63, 3.8) is 0 Å². The first-order valence-corrected chi connectivity index (χ1v) is 8.50. The Bertz CT molecular complexity index is 888. The molecule has 0 fully saturated rings. The molecule has 1 atom stereocenters. The van der Waals surface area contributed by atoms with Crippen LogP contribution in [-0.2, 0) is 9.53 Å². The molecule has 9 heteroatoms. The van der Waals surface area contributed by atoms with Crippen LogP contribution in [0, 0.1) is 23.0 Å². The van der Waals surface area contributed by atoms with E-state index in [-0.39, 0.29) is 22.9 Å². The molecule has 0 aliphatic carbocycles. The maximum atomic E-state index is 12.3. The second-order valence-corrected chi connectivity index (χ2v) is 6.46. The fraction of sp³-hybridized carbons (Fsp3) is 0.316. The monoisotopic (exact) mass is 388 g/mol. The quantitative estimate of drug-likeness (QED) is 0.318. The number of Topliss-reactive ketones (excluding diaryl/α,β-unsaturated/α-hetero) is 1. The summed E-state index contributed by atoms with van der Waals surface area (Å²) in [5.74, 6) is -2.22. The smallest absolute Gasteiger partial charge is 0.329 e. The van der Waals surface area contributed by atoms with Crippen molar-refractivity contribution in [1.82, 2.24) is 5.32 Å². The summed E-state index contributed by atoms with van der Waals surface area (Å²) in [6.07, 6.45) is 1.33. The largest absolute Gasteiger partial charge is 0.459 e. The van der Waals surface area contributed by atoms with E-state index in [2.05, 4.69) is 5.32 Å². The minimum absolute atomic E-state index is 0.0430. The van der Waals surface area contributed by atoms with Crippen molar-refractivity contribution >= 4 is 23.3 Å². The van der Waals surface area contributed by atoms with Gasteiger partial charge in [-0.2, -0.15) is 0 Å². The van der Waals surface area contributed by atoms with Crippen molar-refractivity contribution in [3.8, 4) is 0 Å². The van der Waals surface area contributed by atoms with Gasteiger partial charge >= 0.3 is 5.97 Å². The highest BCUT2D eigenvalue weighted by Crippen LogP contribution is 2.19. The van der Waals surface area contributed by atoms with E-state index in [0.717, 1.165) is 6.07 Å². The van der Waals surface area contributed by atoms with Crippen LogP contribution in [0.3, 0.4) is 0 Å². The molecular formula is C19H20N2O7. The molecule has 0 saturated heterocycles. The predicted octanol–water partition coefficient (Wildman–Crippen LogP) is 2.68. The van der Waals surface area contributed by atoms with E-state index in [0.29, 0.717) is 5.56 Å². The summed E-state index contributed by atoms with van der Waals surface area (Å²) in [6.45, 7) is 4.37. The Morgan fingerprint density at radius 1 is 1.25 bits per heavy atom. The molecule has 0 bridgehead atoms. The molecule has 1 N–H and O–H groups in total. The molecule has 0 saturated carbocycles. The molecule has 1 aromatic heterocycles. The minimum Gasteiger partial charge on any atom is -0.459 e. The number of hydrogen-bond acceptors (Lipinski definition) is 7. The summed E-state index contributed by atoms with van der Waals surface area (Å²) >= 11 is 0. The van der Waals surface area contributed by atoms with E-state index in [9.17, 15) is 24.5 Å². The number of nitro benzene ring substituents is 1. The number of furan rings is 1. The van der Waals surface area contributed by atoms with Crippen LogP contribution >= 0.6 is 0 Å². The number of esters is 1. The SMILES string of the molecule is Cc1ccc(C(=O)COC(=O)[C@@H](NC(=O)c2ccco2)C(C)C)cc1[N+](=O)[O-]. The molecular weight excluding hydrogens is 368 g/mol. The van der Waals surface area contributed by atoms with Gasteiger partial charge in [-0.05, 0) is 25.0 Å². The molecule has 1 aromatic carbocycles. The van der Waals surface area contributed by atoms with Gasteiger partial charge in [-0.25, -0.2) is 4.79 Å². The zero-order valence-corrected chi connectivity index (χ0v) is 15.6. The van der Waals surface area contributed by atoms with Gasteiger partial charge in [0.05, 0.1) is 11.2 Å². The number of carbonyl (C=O) groups excluding carboxylic acids is 3. The molecule has 1 amide bonds. The first-order chi connectivity index (χ1) is 13.2. The Kier molecular flexibility index (Phi) is 6.64. The summed E-state index contributed by atoms with van der Waals surface area (Å²) in [7, 11) is 0. The second kappa shape index (κ2) is 8.94. The van der Waals surface area contributed by atoms with Crippen LogP contribution in [0.5, 0.6) is 0 Å². The number of aryl methyl sites for hydroxylation is 1. The number of ether oxygens (including phenoxy) is 1. The molecule has 0 aliphatic rings. The van der Waals surface area contributed by atoms with Gasteiger partial charge in [-0.15, -0.1) is 0 Å². The minimum atomic E-state index is -0.988. The van der Waals surface area contributed by atoms with Crippen molar-refractivity contribution in [3.05, 3.63) is 63.6 Å². The van der Waals surface area contributed by atoms with Gasteiger partial charge in [-0.3, -0.25) is 19.7 Å². The highest BCUT2D eigenvalue weighted by molar-refractivity contribution is 5.99. The van der Waals surface area contributed by atoms with Gasteiger partial charge < -0.3 is 14.5 Å². The number of hydrogen-bond donors (Lipinski definition) is 1. The molecule has 148 valence electrons. The average Bonchev–Trinajstić information content (AvgIpc) is 3.18. The molecule has 2 rings (SSSR count). The molecule has 9 nitrogen and oxygen atoms in total. The van der Waals surface area contributed by atoms with Crippen molar-refractivity contribution in [2.75, 3.05) is 6.61 Å². The predicted molar refractivity (Wildman–Crippen MR) is 97.9 cm³/mol. The van der Waals surface area contributed by atoms with Crippen LogP contribution in [0.4, 0.5) is 5.69 Å². The third kappa shape index (κ3) is 5.03. The Balaban J connectivity index is 2.02. The van der Waals surface area contributed by atoms with Gasteiger partial charge in [0.15, 0.2) is 12.4 Å². The normalized spacial score (nSPS) is 11.7. The van der Waals surface area contributed by atoms with E-state index < -0.39 is 35.2 Å². The maximum Gasteiger partial charge on any atom is 0.329 e. The van der Waals surface area contributed by atoms with Crippen LogP contribution < -0.4 is 5.32 Å². The van der Waals surface area contributed by atoms with Crippen LogP contribution in [0.2, 0.25) is 0 Å². The number of nitrogens with one attached hydrogen (secondary N) is 1. The summed E-state index contributed by atoms with van der Waals surface area (Å²) in [6, 6.07) is 6.02. The van der Waals surface area contributed by atoms with Crippen molar-refractivity contribution in [2.24, 2.45) is 5.92 Å². The topological polar surface area (TPSA) is 129 Å². The first kappa shape index (κ1) is 20.8. The lowest BCUT2D eigenvalue weighted by Gasteiger charge is -2.20. The molecule has 0 radical (unpaired) electrons. The van der Waals surface area contributed by atoms with Crippen molar-refractivity contribution < 1.29 is 28.5 Å². The third-order valence-electron chi connectivity index (χ3n) is 4.03. The lowest BCUT2D eigenvalue weighted by atomic mass is 10.0. The number of ketones is 1. The molecule has 1 heterocycles. The Morgan fingerprint density at radius 3 is 2.54 bits per heavy atom. The van der Waals surface area contributed by atoms with Crippen molar-refractivity contribution in [1.29, 1.82) is 0 Å². The van der Waals surface area contributed by atoms with E-state index in [1.807, 2.05) is 0 Å². The fourth-order valence-corrected chi connectivity index (χ4v) is 2.41. The van der Waals surface area contributed by atoms with Gasteiger partial charge in [0.25, 0.3) is 11.6 Å². The van der Waals surface area contributed by atoms with Crippen molar-refractivity contribution in [2.45, 2.75) is 26.8 Å². The van der Waals surface area contributed by atoms with E-state index in [1.54, 1.807) is 20.8 Å². The number of nitro groups is 1. The number of carbonyl (C=O) groups is 3. The van der Waals surface area contributed by atoms with Gasteiger partial charge in [0.2, 0.25) is 5.78 Å². The van der Waals surface area contributed by atoms with Crippen LogP contribution in [0.1, 0.15) is 40.3 Å². The fourth-order valence-electron chi connectivity index (χ4n) is 2.41. The van der Waals surface area contributed by atoms with Gasteiger partial charge in [0, 0.05) is 17.2 Å². The standard InChI is InChI=1S/C19H20N2O7/c1-11(2)17(20-18(23)16-5-4-8-27-16)19(24)28-10-15(22)13-7-6-12(3)14(9-13)21(25)26/h4-9,11,17H,10H2,1-3H3,(H,20,23)/t17-/m0/s1. The average molecular weight is 388 g/mol. The van der Waals surface area contributed by atoms with Gasteiger partial charge in [-0.1, -0.05) is 26.0 Å². The summed E-state index contributed by atoms with van der Waals surface area (Å²) in [5, 5.41) is 13.5. The third-order valence-corrected chi connectivity index (χ3v) is 4.03. The summed E-state index contributed by atoms with van der Waals surface area (Å²) in [4.78, 5) is 47.0. The first-order valence-electron chi connectivity index (χ1n) is 8.50. The number of nitrogens with zero attached hydrogens (tertiary/aromatic N) is 1. The lowest BCUT2D eigenvalue weighted by Crippen LogP contribution is -2.45. The number of rotatable bonds is 8. The number of benzene rings is 1. The Hall–Kier alpha value is -3.49. The number of amides is 1. The van der Waals surface area contributed by atoms with E-state index in [4.69, 9.17) is 9.15 Å². The summed E-state index contributed by atoms with van der Waals surface area (Å²) in [5.41, 5.74) is 0.285. The molecule has 28 heavy (non-hydrogen) atoms. The Morgan fingerprint density at radius 2 is 1.96 bits per heavy atom. The van der Waals surface area contributed by atoms with E-state index >= 15 is 0 Å². The molecule has 0 spiro atoms. The van der Waals surface area contributed by atoms with Crippen LogP contribution in [0.15, 0.2) is 41.0 Å². The zero-order chi connectivity index (χ0) is 20.8. The highest BCUT2D eigenvalue weighted by Gasteiger charge is 2.28. The van der Waals surface area contributed by atoms with E-state index in [1.165, 1.54) is 30.5 Å². The maximum absolute atomic E-state index is 12.3. The lowest BCUT2D eigenvalue weighted by molar-refractivity contribution is -0.385. The molecule has 2 aromatic rings. The molecule has 0 aliphatic heterocycles. The van der Waals surface area contributed by atoms with Crippen LogP contribution in [-0.4, -0.2) is 35.2 Å². The van der Waals surface area contributed by atoms with Crippen LogP contribution in [0.25, 0.3) is 0 Å². The van der Waals surface area contributed by atoms with Gasteiger partial charge in [0.1, 0.15) is 6.04 Å². The zero-order valence-electron chi connectivity index (χ0n) is 15.6. The second-order valence-electron chi connectivity index (χ2n) is 6.46.